The molecule has 2 rings (SSSR count). The van der Waals surface area contributed by atoms with Gasteiger partial charge in [0.25, 0.3) is 0 Å². The Kier molecular flexibility index (Phi) is 2.61. The van der Waals surface area contributed by atoms with Crippen molar-refractivity contribution >= 4 is 0 Å². The van der Waals surface area contributed by atoms with Gasteiger partial charge in [-0.3, -0.25) is 0 Å². The van der Waals surface area contributed by atoms with E-state index in [-0.39, 0.29) is 5.88 Å². The van der Waals surface area contributed by atoms with Crippen LogP contribution in [0.5, 0.6) is 5.88 Å². The summed E-state index contributed by atoms with van der Waals surface area (Å²) in [6, 6.07) is 3.47. The molecule has 1 aliphatic rings. The average Bonchev–Trinajstić information content (AvgIpc) is 1.99. The van der Waals surface area contributed by atoms with Crippen molar-refractivity contribution < 1.29 is 13.5 Å². The van der Waals surface area contributed by atoms with Crippen LogP contribution in [0.1, 0.15) is 30.7 Å². The number of hydrogen-bond donors (Lipinski definition) is 0. The molecule has 1 heterocycles. The van der Waals surface area contributed by atoms with Gasteiger partial charge in [-0.15, -0.1) is 0 Å². The highest BCUT2D eigenvalue weighted by Crippen LogP contribution is 2.36. The van der Waals surface area contributed by atoms with Crippen molar-refractivity contribution in [2.75, 3.05) is 0 Å². The van der Waals surface area contributed by atoms with Gasteiger partial charge in [-0.1, -0.05) is 6.42 Å². The molecule has 0 aliphatic heterocycles. The van der Waals surface area contributed by atoms with Crippen LogP contribution in [0.4, 0.5) is 8.78 Å². The van der Waals surface area contributed by atoms with Gasteiger partial charge in [0.1, 0.15) is 0 Å². The molecule has 0 radical (unpaired) electrons. The van der Waals surface area contributed by atoms with Crippen LogP contribution in [0.25, 0.3) is 0 Å². The minimum absolute atomic E-state index is 0.0180. The van der Waals surface area contributed by atoms with Crippen LogP contribution in [0.15, 0.2) is 18.3 Å². The Balaban J connectivity index is 2.09. The minimum Gasteiger partial charge on any atom is -0.417 e. The van der Waals surface area contributed by atoms with Crippen LogP contribution < -0.4 is 4.74 Å². The van der Waals surface area contributed by atoms with Crippen molar-refractivity contribution in [2.45, 2.75) is 31.8 Å². The molecule has 0 spiro atoms. The summed E-state index contributed by atoms with van der Waals surface area (Å²) < 4.78 is 28.0. The zero-order valence-corrected chi connectivity index (χ0v) is 7.62. The van der Waals surface area contributed by atoms with Crippen LogP contribution in [-0.2, 0) is 0 Å². The first-order valence-electron chi connectivity index (χ1n) is 4.66. The van der Waals surface area contributed by atoms with E-state index in [1.54, 1.807) is 6.07 Å². The van der Waals surface area contributed by atoms with Gasteiger partial charge >= 0.3 is 6.61 Å². The Hall–Kier alpha value is -1.19. The van der Waals surface area contributed by atoms with E-state index in [1.807, 2.05) is 6.07 Å². The molecule has 1 aromatic rings. The van der Waals surface area contributed by atoms with E-state index >= 15 is 0 Å². The number of ether oxygens (including phenoxy) is 1. The van der Waals surface area contributed by atoms with Gasteiger partial charge in [0.05, 0.1) is 0 Å². The molecule has 1 aliphatic carbocycles. The molecule has 2 nitrogen and oxygen atoms in total. The van der Waals surface area contributed by atoms with Gasteiger partial charge < -0.3 is 4.74 Å². The number of rotatable bonds is 3. The Bertz CT molecular complexity index is 313. The van der Waals surface area contributed by atoms with Crippen molar-refractivity contribution in [2.24, 2.45) is 0 Å². The zero-order valence-electron chi connectivity index (χ0n) is 7.62. The molecule has 1 saturated carbocycles. The summed E-state index contributed by atoms with van der Waals surface area (Å²) in [4.78, 5) is 3.72. The highest BCUT2D eigenvalue weighted by molar-refractivity contribution is 5.25. The normalized spacial score (nSPS) is 16.8. The number of alkyl halides is 2. The van der Waals surface area contributed by atoms with E-state index in [2.05, 4.69) is 9.72 Å². The van der Waals surface area contributed by atoms with E-state index in [0.29, 0.717) is 5.92 Å². The van der Waals surface area contributed by atoms with Gasteiger partial charge in [-0.05, 0) is 30.4 Å². The van der Waals surface area contributed by atoms with Crippen molar-refractivity contribution in [1.29, 1.82) is 0 Å². The van der Waals surface area contributed by atoms with Crippen molar-refractivity contribution in [1.82, 2.24) is 4.98 Å². The van der Waals surface area contributed by atoms with Crippen molar-refractivity contribution in [3.05, 3.63) is 23.9 Å². The Morgan fingerprint density at radius 3 is 2.79 bits per heavy atom. The number of halogens is 2. The molecule has 14 heavy (non-hydrogen) atoms. The lowest BCUT2D eigenvalue weighted by Crippen LogP contribution is -2.10. The topological polar surface area (TPSA) is 22.1 Å². The summed E-state index contributed by atoms with van der Waals surface area (Å²) in [5.74, 6) is 0.530. The van der Waals surface area contributed by atoms with Crippen LogP contribution in [0.3, 0.4) is 0 Å². The minimum atomic E-state index is -2.79. The third-order valence-electron chi connectivity index (χ3n) is 2.55. The number of hydrogen-bond acceptors (Lipinski definition) is 2. The summed E-state index contributed by atoms with van der Waals surface area (Å²) in [5.41, 5.74) is 1.06. The molecule has 1 aromatic heterocycles. The predicted octanol–water partition coefficient (Wildman–Crippen LogP) is 2.95. The smallest absolute Gasteiger partial charge is 0.388 e. The molecule has 4 heteroatoms. The number of nitrogens with zero attached hydrogens (tertiary/aromatic N) is 1. The second-order valence-corrected chi connectivity index (χ2v) is 3.43. The fraction of sp³-hybridized carbons (Fsp3) is 0.500. The van der Waals surface area contributed by atoms with Crippen LogP contribution >= 0.6 is 0 Å². The van der Waals surface area contributed by atoms with Gasteiger partial charge in [0.2, 0.25) is 5.88 Å². The predicted molar refractivity (Wildman–Crippen MR) is 47.5 cm³/mol. The van der Waals surface area contributed by atoms with E-state index in [1.165, 1.54) is 12.6 Å². The third-order valence-corrected chi connectivity index (χ3v) is 2.55. The molecule has 0 atom stereocenters. The standard InChI is InChI=1S/C10H11F2NO/c11-10(12)14-9-6-8(4-5-13-9)7-2-1-3-7/h4-7,10H,1-3H2. The number of aromatic nitrogens is 1. The molecule has 76 valence electrons. The lowest BCUT2D eigenvalue weighted by atomic mass is 9.80. The molecule has 0 aromatic carbocycles. The van der Waals surface area contributed by atoms with Crippen LogP contribution in [-0.4, -0.2) is 11.6 Å². The molecule has 0 bridgehead atoms. The summed E-state index contributed by atoms with van der Waals surface area (Å²) in [6.45, 7) is -2.79. The monoisotopic (exact) mass is 199 g/mol. The first-order valence-corrected chi connectivity index (χ1v) is 4.66. The first kappa shape index (κ1) is 9.37. The molecule has 0 N–H and O–H groups in total. The Labute approximate surface area is 80.9 Å². The first-order chi connectivity index (χ1) is 6.75. The maximum Gasteiger partial charge on any atom is 0.388 e. The molecule has 1 fully saturated rings. The highest BCUT2D eigenvalue weighted by Gasteiger charge is 2.20. The largest absolute Gasteiger partial charge is 0.417 e. The van der Waals surface area contributed by atoms with Crippen LogP contribution in [0, 0.1) is 0 Å². The van der Waals surface area contributed by atoms with E-state index in [9.17, 15) is 8.78 Å². The zero-order chi connectivity index (χ0) is 9.97. The fourth-order valence-electron chi connectivity index (χ4n) is 1.58. The second-order valence-electron chi connectivity index (χ2n) is 3.43. The molecule has 0 amide bonds. The molecule has 0 saturated heterocycles. The SMILES string of the molecule is FC(F)Oc1cc(C2CCC2)ccn1. The van der Waals surface area contributed by atoms with Gasteiger partial charge in [0.15, 0.2) is 0 Å². The summed E-state index contributed by atoms with van der Waals surface area (Å²) in [6.07, 6.45) is 5.01. The lowest BCUT2D eigenvalue weighted by molar-refractivity contribution is -0.0529. The van der Waals surface area contributed by atoms with Crippen molar-refractivity contribution in [3.63, 3.8) is 0 Å². The van der Waals surface area contributed by atoms with E-state index < -0.39 is 6.61 Å². The fourth-order valence-corrected chi connectivity index (χ4v) is 1.58. The van der Waals surface area contributed by atoms with Gasteiger partial charge in [0, 0.05) is 12.3 Å². The maximum atomic E-state index is 11.9. The Morgan fingerprint density at radius 1 is 1.43 bits per heavy atom. The van der Waals surface area contributed by atoms with Gasteiger partial charge in [-0.25, -0.2) is 4.98 Å². The highest BCUT2D eigenvalue weighted by atomic mass is 19.3. The van der Waals surface area contributed by atoms with Crippen molar-refractivity contribution in [3.8, 4) is 5.88 Å². The molecular weight excluding hydrogens is 188 g/mol. The summed E-state index contributed by atoms with van der Waals surface area (Å²) >= 11 is 0. The quantitative estimate of drug-likeness (QED) is 0.746. The van der Waals surface area contributed by atoms with Gasteiger partial charge in [-0.2, -0.15) is 8.78 Å². The summed E-state index contributed by atoms with van der Waals surface area (Å²) in [5, 5.41) is 0. The van der Waals surface area contributed by atoms with Crippen LogP contribution in [0.2, 0.25) is 0 Å². The number of pyridine rings is 1. The molecular formula is C10H11F2NO. The van der Waals surface area contributed by atoms with E-state index in [4.69, 9.17) is 0 Å². The van der Waals surface area contributed by atoms with E-state index in [0.717, 1.165) is 18.4 Å². The third kappa shape index (κ3) is 2.00. The lowest BCUT2D eigenvalue weighted by Gasteiger charge is -2.25. The Morgan fingerprint density at radius 2 is 2.21 bits per heavy atom. The summed E-state index contributed by atoms with van der Waals surface area (Å²) in [7, 11) is 0. The second kappa shape index (κ2) is 3.90. The maximum absolute atomic E-state index is 11.9. The average molecular weight is 199 g/mol. The molecule has 0 unspecified atom stereocenters.